The Bertz CT molecular complexity index is 1040. The van der Waals surface area contributed by atoms with Gasteiger partial charge in [-0.25, -0.2) is 9.67 Å². The van der Waals surface area contributed by atoms with Crippen LogP contribution in [-0.2, 0) is 17.8 Å². The number of ether oxygens (including phenoxy) is 1. The van der Waals surface area contributed by atoms with Crippen LogP contribution in [0.4, 0.5) is 0 Å². The SMILES string of the molecule is COCCN1CCn2cc(C(=O)N(C)Cc3cnn(-c4ccccc4)c3)nc2C1=O. The summed E-state index contributed by atoms with van der Waals surface area (Å²) >= 11 is 0. The minimum absolute atomic E-state index is 0.177. The van der Waals surface area contributed by atoms with Gasteiger partial charge < -0.3 is 19.1 Å². The van der Waals surface area contributed by atoms with Crippen molar-refractivity contribution in [2.24, 2.45) is 0 Å². The van der Waals surface area contributed by atoms with Crippen LogP contribution in [-0.4, -0.2) is 74.8 Å². The van der Waals surface area contributed by atoms with E-state index < -0.39 is 0 Å². The molecule has 0 radical (unpaired) electrons. The van der Waals surface area contributed by atoms with Gasteiger partial charge in [-0.15, -0.1) is 0 Å². The summed E-state index contributed by atoms with van der Waals surface area (Å²) in [6, 6.07) is 9.78. The van der Waals surface area contributed by atoms with Gasteiger partial charge in [0.2, 0.25) is 0 Å². The Morgan fingerprint density at radius 2 is 2.00 bits per heavy atom. The van der Waals surface area contributed by atoms with Crippen molar-refractivity contribution in [3.63, 3.8) is 0 Å². The number of benzene rings is 1. The number of hydrogen-bond acceptors (Lipinski definition) is 5. The zero-order valence-corrected chi connectivity index (χ0v) is 17.1. The van der Waals surface area contributed by atoms with Crippen molar-refractivity contribution in [3.8, 4) is 5.69 Å². The van der Waals surface area contributed by atoms with E-state index >= 15 is 0 Å². The van der Waals surface area contributed by atoms with E-state index in [4.69, 9.17) is 4.74 Å². The van der Waals surface area contributed by atoms with Gasteiger partial charge in [-0.1, -0.05) is 18.2 Å². The molecule has 9 heteroatoms. The molecule has 0 saturated heterocycles. The summed E-state index contributed by atoms with van der Waals surface area (Å²) < 4.78 is 8.58. The molecule has 0 bridgehead atoms. The number of carbonyl (C=O) groups is 2. The van der Waals surface area contributed by atoms with Crippen LogP contribution in [0.1, 0.15) is 26.7 Å². The molecule has 9 nitrogen and oxygen atoms in total. The molecule has 2 amide bonds. The Balaban J connectivity index is 1.44. The first kappa shape index (κ1) is 19.8. The van der Waals surface area contributed by atoms with Crippen LogP contribution in [0.15, 0.2) is 48.9 Å². The average molecular weight is 408 g/mol. The molecule has 3 heterocycles. The first-order valence-electron chi connectivity index (χ1n) is 9.76. The quantitative estimate of drug-likeness (QED) is 0.591. The number of amides is 2. The third kappa shape index (κ3) is 3.97. The second kappa shape index (κ2) is 8.50. The molecule has 0 fully saturated rings. The Kier molecular flexibility index (Phi) is 5.62. The average Bonchev–Trinajstić information content (AvgIpc) is 3.41. The van der Waals surface area contributed by atoms with Gasteiger partial charge in [-0.2, -0.15) is 5.10 Å². The molecule has 2 aromatic heterocycles. The van der Waals surface area contributed by atoms with Crippen LogP contribution >= 0.6 is 0 Å². The molecule has 0 aliphatic carbocycles. The summed E-state index contributed by atoms with van der Waals surface area (Å²) in [7, 11) is 3.32. The molecule has 0 N–H and O–H groups in total. The van der Waals surface area contributed by atoms with E-state index in [-0.39, 0.29) is 17.5 Å². The molecular weight excluding hydrogens is 384 g/mol. The fourth-order valence-corrected chi connectivity index (χ4v) is 3.45. The monoisotopic (exact) mass is 408 g/mol. The summed E-state index contributed by atoms with van der Waals surface area (Å²) in [5, 5.41) is 4.37. The van der Waals surface area contributed by atoms with Gasteiger partial charge in [0.15, 0.2) is 5.82 Å². The van der Waals surface area contributed by atoms with E-state index in [9.17, 15) is 9.59 Å². The summed E-state index contributed by atoms with van der Waals surface area (Å²) in [6.45, 7) is 2.56. The fraction of sp³-hybridized carbons (Fsp3) is 0.333. The zero-order valence-electron chi connectivity index (χ0n) is 17.1. The molecule has 156 valence electrons. The standard InChI is InChI=1S/C21H24N6O3/c1-24(13-16-12-22-27(14-16)17-6-4-3-5-7-17)20(28)18-15-26-9-8-25(10-11-30-2)21(29)19(26)23-18/h3-7,12,14-15H,8-11,13H2,1-2H3. The molecule has 0 unspecified atom stereocenters. The van der Waals surface area contributed by atoms with Crippen molar-refractivity contribution in [3.05, 3.63) is 66.0 Å². The van der Waals surface area contributed by atoms with Gasteiger partial charge in [0.25, 0.3) is 11.8 Å². The van der Waals surface area contributed by atoms with Gasteiger partial charge in [0, 0.05) is 58.3 Å². The lowest BCUT2D eigenvalue weighted by molar-refractivity contribution is 0.0633. The van der Waals surface area contributed by atoms with Crippen molar-refractivity contribution in [2.75, 3.05) is 33.9 Å². The molecule has 0 spiro atoms. The van der Waals surface area contributed by atoms with Gasteiger partial charge >= 0.3 is 0 Å². The number of imidazole rings is 1. The van der Waals surface area contributed by atoms with Gasteiger partial charge in [0.05, 0.1) is 18.5 Å². The number of para-hydroxylation sites is 1. The Hall–Kier alpha value is -3.46. The molecule has 1 aliphatic heterocycles. The number of carbonyl (C=O) groups excluding carboxylic acids is 2. The van der Waals surface area contributed by atoms with Crippen LogP contribution in [0.2, 0.25) is 0 Å². The number of hydrogen-bond donors (Lipinski definition) is 0. The molecule has 3 aromatic rings. The predicted octanol–water partition coefficient (Wildman–Crippen LogP) is 1.44. The third-order valence-electron chi connectivity index (χ3n) is 5.07. The Labute approximate surface area is 174 Å². The van der Waals surface area contributed by atoms with Gasteiger partial charge in [-0.05, 0) is 12.1 Å². The van der Waals surface area contributed by atoms with Crippen LogP contribution in [0.5, 0.6) is 0 Å². The van der Waals surface area contributed by atoms with Crippen molar-refractivity contribution in [1.29, 1.82) is 0 Å². The predicted molar refractivity (Wildman–Crippen MR) is 109 cm³/mol. The number of aromatic nitrogens is 4. The summed E-state index contributed by atoms with van der Waals surface area (Å²) in [4.78, 5) is 33.1. The first-order valence-corrected chi connectivity index (χ1v) is 9.76. The molecule has 0 saturated carbocycles. The van der Waals surface area contributed by atoms with Gasteiger partial charge in [0.1, 0.15) is 5.69 Å². The summed E-state index contributed by atoms with van der Waals surface area (Å²) in [5.74, 6) is -0.115. The minimum atomic E-state index is -0.236. The molecule has 30 heavy (non-hydrogen) atoms. The first-order chi connectivity index (χ1) is 14.6. The molecule has 4 rings (SSSR count). The highest BCUT2D eigenvalue weighted by molar-refractivity contribution is 5.96. The van der Waals surface area contributed by atoms with Gasteiger partial charge in [-0.3, -0.25) is 9.59 Å². The van der Waals surface area contributed by atoms with Crippen LogP contribution in [0, 0.1) is 0 Å². The fourth-order valence-electron chi connectivity index (χ4n) is 3.45. The second-order valence-corrected chi connectivity index (χ2v) is 7.22. The molecule has 0 atom stereocenters. The van der Waals surface area contributed by atoms with E-state index in [1.54, 1.807) is 45.6 Å². The minimum Gasteiger partial charge on any atom is -0.383 e. The molecule has 1 aliphatic rings. The maximum atomic E-state index is 12.9. The normalized spacial score (nSPS) is 13.4. The molecule has 1 aromatic carbocycles. The highest BCUT2D eigenvalue weighted by Gasteiger charge is 2.28. The highest BCUT2D eigenvalue weighted by Crippen LogP contribution is 2.15. The maximum absolute atomic E-state index is 12.9. The lowest BCUT2D eigenvalue weighted by Gasteiger charge is -2.26. The summed E-state index contributed by atoms with van der Waals surface area (Å²) in [5.41, 5.74) is 2.13. The topological polar surface area (TPSA) is 85.5 Å². The van der Waals surface area contributed by atoms with E-state index in [0.29, 0.717) is 38.6 Å². The second-order valence-electron chi connectivity index (χ2n) is 7.22. The number of methoxy groups -OCH3 is 1. The Morgan fingerprint density at radius 1 is 1.20 bits per heavy atom. The Morgan fingerprint density at radius 3 is 2.77 bits per heavy atom. The van der Waals surface area contributed by atoms with E-state index in [2.05, 4.69) is 10.1 Å². The van der Waals surface area contributed by atoms with Crippen molar-refractivity contribution in [2.45, 2.75) is 13.1 Å². The van der Waals surface area contributed by atoms with E-state index in [1.807, 2.05) is 36.5 Å². The largest absolute Gasteiger partial charge is 0.383 e. The van der Waals surface area contributed by atoms with Crippen LogP contribution < -0.4 is 0 Å². The van der Waals surface area contributed by atoms with Crippen LogP contribution in [0.25, 0.3) is 5.69 Å². The summed E-state index contributed by atoms with van der Waals surface area (Å²) in [6.07, 6.45) is 5.30. The highest BCUT2D eigenvalue weighted by atomic mass is 16.5. The van der Waals surface area contributed by atoms with Crippen LogP contribution in [0.3, 0.4) is 0 Å². The van der Waals surface area contributed by atoms with Crippen molar-refractivity contribution < 1.29 is 14.3 Å². The lowest BCUT2D eigenvalue weighted by atomic mass is 10.3. The lowest BCUT2D eigenvalue weighted by Crippen LogP contribution is -2.42. The maximum Gasteiger partial charge on any atom is 0.290 e. The van der Waals surface area contributed by atoms with Crippen molar-refractivity contribution in [1.82, 2.24) is 29.1 Å². The number of nitrogens with zero attached hydrogens (tertiary/aromatic N) is 6. The number of rotatable bonds is 7. The van der Waals surface area contributed by atoms with Crippen molar-refractivity contribution >= 4 is 11.8 Å². The zero-order chi connectivity index (χ0) is 21.1. The molecular formula is C21H24N6O3. The third-order valence-corrected chi connectivity index (χ3v) is 5.07. The van der Waals surface area contributed by atoms with E-state index in [0.717, 1.165) is 11.3 Å². The van der Waals surface area contributed by atoms with E-state index in [1.165, 1.54) is 0 Å². The number of fused-ring (bicyclic) bond motifs is 1. The smallest absolute Gasteiger partial charge is 0.290 e.